The first-order valence-corrected chi connectivity index (χ1v) is 6.25. The summed E-state index contributed by atoms with van der Waals surface area (Å²) in [5.74, 6) is -1.18. The van der Waals surface area contributed by atoms with Crippen LogP contribution in [0.25, 0.3) is 17.1 Å². The highest BCUT2D eigenvalue weighted by Crippen LogP contribution is 2.23. The van der Waals surface area contributed by atoms with E-state index in [1.54, 1.807) is 6.92 Å². The Balaban J connectivity index is 2.40. The molecule has 0 aliphatic rings. The van der Waals surface area contributed by atoms with Gasteiger partial charge in [-0.25, -0.2) is 4.39 Å². The van der Waals surface area contributed by atoms with E-state index >= 15 is 0 Å². The first-order chi connectivity index (χ1) is 10.0. The Bertz CT molecular complexity index is 900. The molecule has 0 aliphatic carbocycles. The Morgan fingerprint density at radius 3 is 2.81 bits per heavy atom. The molecule has 0 amide bonds. The maximum atomic E-state index is 13.9. The fraction of sp³-hybridized carbons (Fsp3) is 0.231. The van der Waals surface area contributed by atoms with Crippen LogP contribution in [0.1, 0.15) is 18.3 Å². The van der Waals surface area contributed by atoms with Gasteiger partial charge in [-0.05, 0) is 25.0 Å². The van der Waals surface area contributed by atoms with Crippen molar-refractivity contribution in [3.63, 3.8) is 0 Å². The number of fused-ring (bicyclic) bond motifs is 1. The van der Waals surface area contributed by atoms with Gasteiger partial charge < -0.3 is 9.63 Å². The zero-order valence-corrected chi connectivity index (χ0v) is 11.3. The number of halogens is 1. The van der Waals surface area contributed by atoms with E-state index < -0.39 is 17.3 Å². The lowest BCUT2D eigenvalue weighted by molar-refractivity contribution is 0.415. The number of hydrogen-bond acceptors (Lipinski definition) is 6. The maximum Gasteiger partial charge on any atom is 0.274 e. The van der Waals surface area contributed by atoms with E-state index in [9.17, 15) is 14.3 Å². The van der Waals surface area contributed by atoms with E-state index in [4.69, 9.17) is 4.52 Å². The van der Waals surface area contributed by atoms with Crippen LogP contribution < -0.4 is 5.56 Å². The number of pyridine rings is 1. The lowest BCUT2D eigenvalue weighted by Gasteiger charge is -2.06. The summed E-state index contributed by atoms with van der Waals surface area (Å²) in [5, 5.41) is 13.4. The number of nitrogens with zero attached hydrogens (tertiary/aromatic N) is 4. The second-order valence-electron chi connectivity index (χ2n) is 4.51. The van der Waals surface area contributed by atoms with Gasteiger partial charge in [0.2, 0.25) is 5.88 Å². The molecule has 1 N–H and O–H groups in total. The molecule has 21 heavy (non-hydrogen) atoms. The summed E-state index contributed by atoms with van der Waals surface area (Å²) in [6.07, 6.45) is 2.02. The number of hydrogen-bond donors (Lipinski definition) is 1. The monoisotopic (exact) mass is 290 g/mol. The summed E-state index contributed by atoms with van der Waals surface area (Å²) in [7, 11) is 0. The Hall–Kier alpha value is -2.77. The van der Waals surface area contributed by atoms with E-state index in [2.05, 4.69) is 15.1 Å². The zero-order chi connectivity index (χ0) is 15.1. The van der Waals surface area contributed by atoms with Gasteiger partial charge in [0, 0.05) is 6.20 Å². The molecule has 108 valence electrons. The Morgan fingerprint density at radius 1 is 1.43 bits per heavy atom. The largest absolute Gasteiger partial charge is 0.493 e. The Labute approximate surface area is 117 Å². The van der Waals surface area contributed by atoms with E-state index in [-0.39, 0.29) is 17.1 Å². The molecule has 0 unspecified atom stereocenters. The molecule has 0 fully saturated rings. The molecule has 3 aromatic heterocycles. The molecule has 3 aromatic rings. The molecule has 0 bridgehead atoms. The smallest absolute Gasteiger partial charge is 0.274 e. The highest BCUT2D eigenvalue weighted by molar-refractivity contribution is 5.61. The number of rotatable bonds is 2. The van der Waals surface area contributed by atoms with Crippen molar-refractivity contribution < 1.29 is 14.0 Å². The third-order valence-corrected chi connectivity index (χ3v) is 3.07. The molecule has 0 saturated heterocycles. The summed E-state index contributed by atoms with van der Waals surface area (Å²) in [6, 6.07) is 1.28. The van der Waals surface area contributed by atoms with Crippen molar-refractivity contribution >= 4 is 5.65 Å². The fourth-order valence-electron chi connectivity index (χ4n) is 2.02. The molecule has 0 spiro atoms. The van der Waals surface area contributed by atoms with Gasteiger partial charge >= 0.3 is 0 Å². The molecule has 3 heterocycles. The van der Waals surface area contributed by atoms with Gasteiger partial charge in [-0.2, -0.15) is 9.97 Å². The Morgan fingerprint density at radius 2 is 2.19 bits per heavy atom. The first kappa shape index (κ1) is 13.2. The molecular formula is C13H11FN4O3. The van der Waals surface area contributed by atoms with E-state index in [0.29, 0.717) is 17.8 Å². The van der Waals surface area contributed by atoms with Crippen LogP contribution >= 0.6 is 0 Å². The SMILES string of the molecule is CCc1cc(F)c2nc(O)c(-c3nc(C)no3)c(=O)n2c1. The molecule has 0 atom stereocenters. The van der Waals surface area contributed by atoms with Gasteiger partial charge in [0.1, 0.15) is 0 Å². The van der Waals surface area contributed by atoms with Gasteiger partial charge in [-0.3, -0.25) is 9.20 Å². The molecule has 0 radical (unpaired) electrons. The van der Waals surface area contributed by atoms with Gasteiger partial charge in [0.15, 0.2) is 22.9 Å². The van der Waals surface area contributed by atoms with Crippen molar-refractivity contribution in [2.24, 2.45) is 0 Å². The molecular weight excluding hydrogens is 279 g/mol. The summed E-state index contributed by atoms with van der Waals surface area (Å²) >= 11 is 0. The second kappa shape index (κ2) is 4.65. The number of aromatic hydroxyl groups is 1. The predicted octanol–water partition coefficient (Wildman–Crippen LogP) is 1.46. The molecule has 3 rings (SSSR count). The summed E-state index contributed by atoms with van der Waals surface area (Å²) in [5.41, 5.74) is -0.548. The van der Waals surface area contributed by atoms with Crippen molar-refractivity contribution in [1.29, 1.82) is 0 Å². The minimum atomic E-state index is -0.685. The van der Waals surface area contributed by atoms with E-state index in [1.807, 2.05) is 6.92 Å². The van der Waals surface area contributed by atoms with Crippen LogP contribution in [0.5, 0.6) is 5.88 Å². The van der Waals surface area contributed by atoms with Crippen LogP contribution in [0.2, 0.25) is 0 Å². The minimum absolute atomic E-state index is 0.154. The van der Waals surface area contributed by atoms with Crippen molar-refractivity contribution in [2.75, 3.05) is 0 Å². The Kier molecular flexibility index (Phi) is 2.93. The second-order valence-corrected chi connectivity index (χ2v) is 4.51. The fourth-order valence-corrected chi connectivity index (χ4v) is 2.02. The van der Waals surface area contributed by atoms with E-state index in [1.165, 1.54) is 12.3 Å². The zero-order valence-electron chi connectivity index (χ0n) is 11.3. The van der Waals surface area contributed by atoms with Gasteiger partial charge in [-0.15, -0.1) is 0 Å². The summed E-state index contributed by atoms with van der Waals surface area (Å²) in [4.78, 5) is 20.1. The lowest BCUT2D eigenvalue weighted by Crippen LogP contribution is -2.19. The maximum absolute atomic E-state index is 13.9. The molecule has 0 saturated carbocycles. The molecule has 7 nitrogen and oxygen atoms in total. The number of aryl methyl sites for hydroxylation is 2. The summed E-state index contributed by atoms with van der Waals surface area (Å²) < 4.78 is 19.9. The first-order valence-electron chi connectivity index (χ1n) is 6.25. The average molecular weight is 290 g/mol. The highest BCUT2D eigenvalue weighted by atomic mass is 19.1. The van der Waals surface area contributed by atoms with Crippen LogP contribution in [-0.4, -0.2) is 24.6 Å². The van der Waals surface area contributed by atoms with Crippen LogP contribution in [0.4, 0.5) is 4.39 Å². The van der Waals surface area contributed by atoms with Crippen molar-refractivity contribution in [2.45, 2.75) is 20.3 Å². The predicted molar refractivity (Wildman–Crippen MR) is 70.5 cm³/mol. The van der Waals surface area contributed by atoms with Crippen LogP contribution in [-0.2, 0) is 6.42 Å². The van der Waals surface area contributed by atoms with E-state index in [0.717, 1.165) is 4.40 Å². The highest BCUT2D eigenvalue weighted by Gasteiger charge is 2.21. The average Bonchev–Trinajstić information content (AvgIpc) is 2.86. The molecule has 8 heteroatoms. The molecule has 0 aromatic carbocycles. The van der Waals surface area contributed by atoms with Crippen molar-refractivity contribution in [3.8, 4) is 17.3 Å². The molecule has 0 aliphatic heterocycles. The minimum Gasteiger partial charge on any atom is -0.493 e. The topological polar surface area (TPSA) is 93.5 Å². The normalized spacial score (nSPS) is 11.2. The standard InChI is InChI=1S/C13H11FN4O3/c1-3-7-4-8(14)10-16-11(19)9(13(20)18(10)5-7)12-15-6(2)17-21-12/h4-5,19H,3H2,1-2H3. The number of aromatic nitrogens is 4. The van der Waals surface area contributed by atoms with Crippen LogP contribution in [0.3, 0.4) is 0 Å². The van der Waals surface area contributed by atoms with Gasteiger partial charge in [-0.1, -0.05) is 12.1 Å². The van der Waals surface area contributed by atoms with Crippen LogP contribution in [0.15, 0.2) is 21.6 Å². The lowest BCUT2D eigenvalue weighted by atomic mass is 10.2. The van der Waals surface area contributed by atoms with Gasteiger partial charge in [0.25, 0.3) is 11.4 Å². The third-order valence-electron chi connectivity index (χ3n) is 3.07. The quantitative estimate of drug-likeness (QED) is 0.768. The van der Waals surface area contributed by atoms with Crippen molar-refractivity contribution in [1.82, 2.24) is 19.5 Å². The van der Waals surface area contributed by atoms with Crippen LogP contribution in [0, 0.1) is 12.7 Å². The third kappa shape index (κ3) is 2.04. The van der Waals surface area contributed by atoms with Crippen molar-refractivity contribution in [3.05, 3.63) is 39.8 Å². The van der Waals surface area contributed by atoms with Gasteiger partial charge in [0.05, 0.1) is 0 Å². The summed E-state index contributed by atoms with van der Waals surface area (Å²) in [6.45, 7) is 3.41.